The number of carbonyl (C=O) groups is 1. The van der Waals surface area contributed by atoms with Crippen LogP contribution in [0.2, 0.25) is 5.02 Å². The number of hydrogen-bond acceptors (Lipinski definition) is 2. The van der Waals surface area contributed by atoms with E-state index in [1.54, 1.807) is 0 Å². The van der Waals surface area contributed by atoms with E-state index in [0.717, 1.165) is 18.4 Å². The van der Waals surface area contributed by atoms with Crippen molar-refractivity contribution in [1.82, 2.24) is 5.32 Å². The van der Waals surface area contributed by atoms with Crippen LogP contribution in [0.1, 0.15) is 31.7 Å². The van der Waals surface area contributed by atoms with Gasteiger partial charge in [0.2, 0.25) is 5.91 Å². The third kappa shape index (κ3) is 5.52. The van der Waals surface area contributed by atoms with Gasteiger partial charge in [-0.2, -0.15) is 0 Å². The fourth-order valence-electron chi connectivity index (χ4n) is 1.73. The molecule has 0 aliphatic rings. The molecule has 100 valence electrons. The molecule has 4 heteroatoms. The van der Waals surface area contributed by atoms with Crippen molar-refractivity contribution in [3.8, 4) is 0 Å². The molecule has 0 radical (unpaired) electrons. The molecule has 0 spiro atoms. The Kier molecular flexibility index (Phi) is 6.76. The molecule has 3 N–H and O–H groups in total. The minimum absolute atomic E-state index is 0.0683. The first kappa shape index (κ1) is 15.0. The molecule has 1 rings (SSSR count). The lowest BCUT2D eigenvalue weighted by molar-refractivity contribution is -0.121. The summed E-state index contributed by atoms with van der Waals surface area (Å²) in [6, 6.07) is 7.53. The maximum absolute atomic E-state index is 11.7. The predicted molar refractivity (Wildman–Crippen MR) is 75.4 cm³/mol. The monoisotopic (exact) mass is 268 g/mol. The molecular weight excluding hydrogens is 248 g/mol. The van der Waals surface area contributed by atoms with Gasteiger partial charge in [0.1, 0.15) is 0 Å². The van der Waals surface area contributed by atoms with Crippen molar-refractivity contribution in [2.75, 3.05) is 6.54 Å². The third-order valence-corrected chi connectivity index (χ3v) is 3.33. The third-order valence-electron chi connectivity index (χ3n) is 2.96. The smallest absolute Gasteiger partial charge is 0.220 e. The zero-order chi connectivity index (χ0) is 13.4. The second-order valence-electron chi connectivity index (χ2n) is 4.59. The molecule has 1 amide bonds. The van der Waals surface area contributed by atoms with E-state index in [2.05, 4.69) is 12.2 Å². The maximum Gasteiger partial charge on any atom is 0.220 e. The van der Waals surface area contributed by atoms with Crippen LogP contribution in [0.4, 0.5) is 0 Å². The van der Waals surface area contributed by atoms with Crippen LogP contribution in [0.15, 0.2) is 24.3 Å². The van der Waals surface area contributed by atoms with Crippen molar-refractivity contribution in [1.29, 1.82) is 0 Å². The molecule has 0 fully saturated rings. The summed E-state index contributed by atoms with van der Waals surface area (Å²) in [7, 11) is 0. The molecule has 1 aromatic rings. The van der Waals surface area contributed by atoms with Crippen molar-refractivity contribution in [3.63, 3.8) is 0 Å². The van der Waals surface area contributed by atoms with E-state index in [-0.39, 0.29) is 5.91 Å². The van der Waals surface area contributed by atoms with Crippen LogP contribution in [0, 0.1) is 5.92 Å². The van der Waals surface area contributed by atoms with Crippen LogP contribution < -0.4 is 11.1 Å². The van der Waals surface area contributed by atoms with Gasteiger partial charge in [-0.3, -0.25) is 4.79 Å². The van der Waals surface area contributed by atoms with Crippen LogP contribution in [0.3, 0.4) is 0 Å². The number of benzene rings is 1. The number of halogens is 1. The molecule has 1 unspecified atom stereocenters. The zero-order valence-corrected chi connectivity index (χ0v) is 11.5. The standard InChI is InChI=1S/C14H21ClN2O/c1-11(8-9-16)6-7-14(18)17-10-12-4-2-3-5-13(12)15/h2-5,11H,6-10,16H2,1H3,(H,17,18). The van der Waals surface area contributed by atoms with Gasteiger partial charge in [-0.05, 0) is 36.9 Å². The Morgan fingerprint density at radius 3 is 2.78 bits per heavy atom. The van der Waals surface area contributed by atoms with Crippen molar-refractivity contribution in [3.05, 3.63) is 34.9 Å². The van der Waals surface area contributed by atoms with E-state index in [1.165, 1.54) is 0 Å². The molecule has 18 heavy (non-hydrogen) atoms. The number of nitrogens with two attached hydrogens (primary N) is 1. The molecule has 0 heterocycles. The average Bonchev–Trinajstić information content (AvgIpc) is 2.36. The lowest BCUT2D eigenvalue weighted by atomic mass is 10.0. The van der Waals surface area contributed by atoms with Gasteiger partial charge >= 0.3 is 0 Å². The van der Waals surface area contributed by atoms with Gasteiger partial charge in [-0.25, -0.2) is 0 Å². The van der Waals surface area contributed by atoms with Gasteiger partial charge in [0.25, 0.3) is 0 Å². The van der Waals surface area contributed by atoms with Crippen LogP contribution in [0.25, 0.3) is 0 Å². The van der Waals surface area contributed by atoms with Crippen molar-refractivity contribution in [2.45, 2.75) is 32.7 Å². The van der Waals surface area contributed by atoms with E-state index < -0.39 is 0 Å². The number of nitrogens with one attached hydrogen (secondary N) is 1. The fraction of sp³-hybridized carbons (Fsp3) is 0.500. The SMILES string of the molecule is CC(CCN)CCC(=O)NCc1ccccc1Cl. The van der Waals surface area contributed by atoms with Gasteiger partial charge in [0.05, 0.1) is 0 Å². The van der Waals surface area contributed by atoms with Gasteiger partial charge < -0.3 is 11.1 Å². The second-order valence-corrected chi connectivity index (χ2v) is 5.00. The van der Waals surface area contributed by atoms with E-state index in [4.69, 9.17) is 17.3 Å². The van der Waals surface area contributed by atoms with Crippen LogP contribution >= 0.6 is 11.6 Å². The molecule has 0 saturated heterocycles. The van der Waals surface area contributed by atoms with Crippen LogP contribution in [-0.4, -0.2) is 12.5 Å². The van der Waals surface area contributed by atoms with Crippen LogP contribution in [0.5, 0.6) is 0 Å². The number of amides is 1. The minimum Gasteiger partial charge on any atom is -0.352 e. The molecule has 0 aliphatic carbocycles. The van der Waals surface area contributed by atoms with Crippen LogP contribution in [-0.2, 0) is 11.3 Å². The first-order valence-electron chi connectivity index (χ1n) is 6.33. The summed E-state index contributed by atoms with van der Waals surface area (Å²) >= 11 is 6.01. The van der Waals surface area contributed by atoms with E-state index in [9.17, 15) is 4.79 Å². The highest BCUT2D eigenvalue weighted by atomic mass is 35.5. The van der Waals surface area contributed by atoms with Crippen molar-refractivity contribution in [2.24, 2.45) is 11.7 Å². The van der Waals surface area contributed by atoms with Crippen molar-refractivity contribution < 1.29 is 4.79 Å². The topological polar surface area (TPSA) is 55.1 Å². The highest BCUT2D eigenvalue weighted by Gasteiger charge is 2.06. The molecule has 0 saturated carbocycles. The summed E-state index contributed by atoms with van der Waals surface area (Å²) in [4.78, 5) is 11.7. The minimum atomic E-state index is 0.0683. The maximum atomic E-state index is 11.7. The molecule has 0 aliphatic heterocycles. The van der Waals surface area contributed by atoms with E-state index in [0.29, 0.717) is 30.5 Å². The largest absolute Gasteiger partial charge is 0.352 e. The summed E-state index contributed by atoms with van der Waals surface area (Å²) in [5.74, 6) is 0.569. The molecule has 0 aromatic heterocycles. The average molecular weight is 269 g/mol. The number of hydrogen-bond donors (Lipinski definition) is 2. The van der Waals surface area contributed by atoms with E-state index in [1.807, 2.05) is 24.3 Å². The number of carbonyl (C=O) groups excluding carboxylic acids is 1. The van der Waals surface area contributed by atoms with Gasteiger partial charge in [0.15, 0.2) is 0 Å². The molecule has 1 atom stereocenters. The lowest BCUT2D eigenvalue weighted by Gasteiger charge is -2.10. The first-order chi connectivity index (χ1) is 8.63. The summed E-state index contributed by atoms with van der Waals surface area (Å²) in [5.41, 5.74) is 6.42. The number of rotatable bonds is 7. The first-order valence-corrected chi connectivity index (χ1v) is 6.71. The normalized spacial score (nSPS) is 12.2. The van der Waals surface area contributed by atoms with Gasteiger partial charge in [0, 0.05) is 18.0 Å². The fourth-order valence-corrected chi connectivity index (χ4v) is 1.93. The summed E-state index contributed by atoms with van der Waals surface area (Å²) in [6.07, 6.45) is 2.40. The molecular formula is C14H21ClN2O. The second kappa shape index (κ2) is 8.11. The Labute approximate surface area is 114 Å². The highest BCUT2D eigenvalue weighted by Crippen LogP contribution is 2.14. The molecule has 3 nitrogen and oxygen atoms in total. The quantitative estimate of drug-likeness (QED) is 0.799. The Morgan fingerprint density at radius 1 is 1.39 bits per heavy atom. The Morgan fingerprint density at radius 2 is 2.11 bits per heavy atom. The highest BCUT2D eigenvalue weighted by molar-refractivity contribution is 6.31. The van der Waals surface area contributed by atoms with Gasteiger partial charge in [-0.15, -0.1) is 0 Å². The van der Waals surface area contributed by atoms with Crippen molar-refractivity contribution >= 4 is 17.5 Å². The molecule has 0 bridgehead atoms. The Bertz CT molecular complexity index is 382. The van der Waals surface area contributed by atoms with E-state index >= 15 is 0 Å². The zero-order valence-electron chi connectivity index (χ0n) is 10.8. The molecule has 1 aromatic carbocycles. The Hall–Kier alpha value is -1.06. The van der Waals surface area contributed by atoms with Gasteiger partial charge in [-0.1, -0.05) is 36.7 Å². The lowest BCUT2D eigenvalue weighted by Crippen LogP contribution is -2.23. The predicted octanol–water partition coefficient (Wildman–Crippen LogP) is 2.72. The summed E-state index contributed by atoms with van der Waals surface area (Å²) in [5, 5.41) is 3.57. The summed E-state index contributed by atoms with van der Waals surface area (Å²) in [6.45, 7) is 3.29. The summed E-state index contributed by atoms with van der Waals surface area (Å²) < 4.78 is 0. The Balaban J connectivity index is 2.27.